The van der Waals surface area contributed by atoms with E-state index in [-0.39, 0.29) is 26.5 Å². The van der Waals surface area contributed by atoms with Crippen molar-refractivity contribution in [2.75, 3.05) is 24.9 Å². The van der Waals surface area contributed by atoms with E-state index in [1.54, 1.807) is 88.2 Å². The molecule has 0 aliphatic rings. The van der Waals surface area contributed by atoms with Gasteiger partial charge < -0.3 is 14.2 Å². The van der Waals surface area contributed by atoms with Crippen molar-refractivity contribution in [3.05, 3.63) is 82.6 Å². The first-order valence-corrected chi connectivity index (χ1v) is 14.4. The van der Waals surface area contributed by atoms with Crippen LogP contribution >= 0.6 is 23.2 Å². The monoisotopic (exact) mass is 602 g/mol. The van der Waals surface area contributed by atoms with Gasteiger partial charge in [-0.3, -0.25) is 13.9 Å². The molecule has 4 rings (SSSR count). The predicted octanol–water partition coefficient (Wildman–Crippen LogP) is 5.57. The van der Waals surface area contributed by atoms with E-state index in [1.807, 2.05) is 0 Å². The number of rotatable bonds is 7. The highest BCUT2D eigenvalue weighted by Crippen LogP contribution is 2.31. The fourth-order valence-corrected chi connectivity index (χ4v) is 6.17. The maximum atomic E-state index is 13.8. The minimum Gasteiger partial charge on any atom is -0.459 e. The molecule has 9 nitrogen and oxygen atoms in total. The maximum Gasteiger partial charge on any atom is 0.327 e. The summed E-state index contributed by atoms with van der Waals surface area (Å²) in [6.45, 7) is 4.52. The first kappa shape index (κ1) is 29.4. The van der Waals surface area contributed by atoms with E-state index in [0.717, 1.165) is 4.31 Å². The van der Waals surface area contributed by atoms with Crippen LogP contribution in [-0.2, 0) is 19.6 Å². The lowest BCUT2D eigenvalue weighted by Crippen LogP contribution is -2.39. The number of pyridine rings is 1. The molecule has 0 saturated heterocycles. The van der Waals surface area contributed by atoms with Crippen molar-refractivity contribution in [2.24, 2.45) is 0 Å². The van der Waals surface area contributed by atoms with Crippen molar-refractivity contribution in [2.45, 2.75) is 31.3 Å². The van der Waals surface area contributed by atoms with Crippen molar-refractivity contribution in [3.63, 3.8) is 0 Å². The van der Waals surface area contributed by atoms with Gasteiger partial charge in [0.1, 0.15) is 18.0 Å². The molecule has 1 amide bonds. The average molecular weight is 604 g/mol. The molecule has 12 heteroatoms. The number of carbonyl (C=O) groups excluding carboxylic acids is 2. The number of fused-ring (bicyclic) bond motifs is 1. The first-order valence-electron chi connectivity index (χ1n) is 12.2. The summed E-state index contributed by atoms with van der Waals surface area (Å²) in [5, 5.41) is 0.953. The van der Waals surface area contributed by atoms with E-state index in [9.17, 15) is 18.0 Å². The standard InChI is InChI=1S/C28H28Cl2N4O5S/c1-28(2,3)39-26(35)17-34(40(37,38)23-15-20(29)14-21(30)16-23)22-6-7-24-18(12-22)9-11-33(24)25-13-19(8-10-31-25)27(36)32(4)5/h6-16H,17H2,1-5H3. The molecule has 2 heterocycles. The predicted molar refractivity (Wildman–Crippen MR) is 156 cm³/mol. The summed E-state index contributed by atoms with van der Waals surface area (Å²) in [4.78, 5) is 31.0. The molecule has 0 atom stereocenters. The Labute approximate surface area is 242 Å². The van der Waals surface area contributed by atoms with Gasteiger partial charge in [0.25, 0.3) is 15.9 Å². The van der Waals surface area contributed by atoms with E-state index < -0.39 is 28.1 Å². The van der Waals surface area contributed by atoms with Crippen molar-refractivity contribution < 1.29 is 22.7 Å². The zero-order chi connectivity index (χ0) is 29.4. The molecule has 0 radical (unpaired) electrons. The minimum absolute atomic E-state index is 0.137. The highest BCUT2D eigenvalue weighted by Gasteiger charge is 2.30. The fraction of sp³-hybridized carbons (Fsp3) is 0.250. The maximum absolute atomic E-state index is 13.8. The summed E-state index contributed by atoms with van der Waals surface area (Å²) in [5.74, 6) is -0.373. The number of anilines is 1. The lowest BCUT2D eigenvalue weighted by molar-refractivity contribution is -0.152. The Hall–Kier alpha value is -3.60. The van der Waals surface area contributed by atoms with Gasteiger partial charge in [-0.2, -0.15) is 0 Å². The van der Waals surface area contributed by atoms with Gasteiger partial charge in [-0.1, -0.05) is 23.2 Å². The molecule has 0 fully saturated rings. The number of sulfonamides is 1. The van der Waals surface area contributed by atoms with Gasteiger partial charge in [0.05, 0.1) is 16.1 Å². The normalized spacial score (nSPS) is 11.9. The number of amides is 1. The summed E-state index contributed by atoms with van der Waals surface area (Å²) in [7, 11) is -0.945. The summed E-state index contributed by atoms with van der Waals surface area (Å²) in [5.41, 5.74) is 0.605. The number of aromatic nitrogens is 2. The van der Waals surface area contributed by atoms with E-state index in [1.165, 1.54) is 23.1 Å². The summed E-state index contributed by atoms with van der Waals surface area (Å²) < 4.78 is 35.8. The van der Waals surface area contributed by atoms with Gasteiger partial charge in [-0.05, 0) is 75.4 Å². The molecule has 210 valence electrons. The third-order valence-electron chi connectivity index (χ3n) is 5.72. The van der Waals surface area contributed by atoms with Crippen molar-refractivity contribution in [1.82, 2.24) is 14.5 Å². The number of halogens is 2. The Bertz CT molecular complexity index is 1690. The number of benzene rings is 2. The van der Waals surface area contributed by atoms with Gasteiger partial charge in [0, 0.05) is 47.5 Å². The van der Waals surface area contributed by atoms with E-state index in [2.05, 4.69) is 4.98 Å². The molecule has 0 aliphatic heterocycles. The third kappa shape index (κ3) is 6.41. The molecular weight excluding hydrogens is 575 g/mol. The Balaban J connectivity index is 1.79. The zero-order valence-corrected chi connectivity index (χ0v) is 24.9. The van der Waals surface area contributed by atoms with Gasteiger partial charge >= 0.3 is 5.97 Å². The molecule has 0 saturated carbocycles. The first-order chi connectivity index (χ1) is 18.7. The molecule has 0 spiro atoms. The zero-order valence-electron chi connectivity index (χ0n) is 22.6. The summed E-state index contributed by atoms with van der Waals surface area (Å²) >= 11 is 12.2. The highest BCUT2D eigenvalue weighted by atomic mass is 35.5. The van der Waals surface area contributed by atoms with Crippen LogP contribution in [-0.4, -0.2) is 61.0 Å². The van der Waals surface area contributed by atoms with Crippen LogP contribution in [0.5, 0.6) is 0 Å². The van der Waals surface area contributed by atoms with E-state index in [0.29, 0.717) is 22.3 Å². The van der Waals surface area contributed by atoms with Crippen LogP contribution in [0.25, 0.3) is 16.7 Å². The average Bonchev–Trinajstić information content (AvgIpc) is 3.28. The largest absolute Gasteiger partial charge is 0.459 e. The van der Waals surface area contributed by atoms with Crippen molar-refractivity contribution in [3.8, 4) is 5.82 Å². The van der Waals surface area contributed by atoms with Crippen LogP contribution in [0.15, 0.2) is 71.9 Å². The fourth-order valence-electron chi connectivity index (χ4n) is 4.04. The van der Waals surface area contributed by atoms with Gasteiger partial charge in [-0.15, -0.1) is 0 Å². The number of nitrogens with zero attached hydrogens (tertiary/aromatic N) is 4. The van der Waals surface area contributed by atoms with Gasteiger partial charge in [0.15, 0.2) is 0 Å². The SMILES string of the molecule is CN(C)C(=O)c1ccnc(-n2ccc3cc(N(CC(=O)OC(C)(C)C)S(=O)(=O)c4cc(Cl)cc(Cl)c4)ccc32)c1. The molecule has 0 bridgehead atoms. The second kappa shape index (κ2) is 11.1. The van der Waals surface area contributed by atoms with Crippen LogP contribution in [0.4, 0.5) is 5.69 Å². The number of hydrogen-bond donors (Lipinski definition) is 0. The molecule has 0 aliphatic carbocycles. The summed E-state index contributed by atoms with van der Waals surface area (Å²) in [6.07, 6.45) is 3.32. The van der Waals surface area contributed by atoms with Crippen LogP contribution in [0.2, 0.25) is 10.0 Å². The molecule has 0 N–H and O–H groups in total. The van der Waals surface area contributed by atoms with Gasteiger partial charge in [-0.25, -0.2) is 13.4 Å². The smallest absolute Gasteiger partial charge is 0.327 e. The van der Waals surface area contributed by atoms with Gasteiger partial charge in [0.2, 0.25) is 0 Å². The Morgan fingerprint density at radius 1 is 0.975 bits per heavy atom. The van der Waals surface area contributed by atoms with E-state index >= 15 is 0 Å². The van der Waals surface area contributed by atoms with Crippen molar-refractivity contribution >= 4 is 61.7 Å². The number of esters is 1. The van der Waals surface area contributed by atoms with Crippen LogP contribution in [0.3, 0.4) is 0 Å². The molecular formula is C28H28Cl2N4O5S. The van der Waals surface area contributed by atoms with E-state index in [4.69, 9.17) is 27.9 Å². The second-order valence-corrected chi connectivity index (χ2v) is 13.0. The molecule has 2 aromatic carbocycles. The summed E-state index contributed by atoms with van der Waals surface area (Å²) in [6, 6.07) is 14.0. The van der Waals surface area contributed by atoms with Crippen LogP contribution < -0.4 is 4.31 Å². The Kier molecular flexibility index (Phi) is 8.16. The Morgan fingerprint density at radius 3 is 2.27 bits per heavy atom. The molecule has 4 aromatic rings. The lowest BCUT2D eigenvalue weighted by atomic mass is 10.2. The molecule has 40 heavy (non-hydrogen) atoms. The molecule has 2 aromatic heterocycles. The quantitative estimate of drug-likeness (QED) is 0.256. The van der Waals surface area contributed by atoms with Crippen LogP contribution in [0.1, 0.15) is 31.1 Å². The Morgan fingerprint density at radius 2 is 1.65 bits per heavy atom. The highest BCUT2D eigenvalue weighted by molar-refractivity contribution is 7.92. The topological polar surface area (TPSA) is 102 Å². The lowest BCUT2D eigenvalue weighted by Gasteiger charge is -2.26. The minimum atomic E-state index is -4.28. The number of hydrogen-bond acceptors (Lipinski definition) is 6. The number of ether oxygens (including phenoxy) is 1. The van der Waals surface area contributed by atoms with Crippen molar-refractivity contribution in [1.29, 1.82) is 0 Å². The third-order valence-corrected chi connectivity index (χ3v) is 7.91. The van der Waals surface area contributed by atoms with Crippen LogP contribution in [0, 0.1) is 0 Å². The number of carbonyl (C=O) groups is 2. The second-order valence-electron chi connectivity index (χ2n) is 10.2. The molecule has 0 unspecified atom stereocenters.